The average Bonchev–Trinajstić information content (AvgIpc) is 3.40. The van der Waals surface area contributed by atoms with Gasteiger partial charge in [0, 0.05) is 5.54 Å². The summed E-state index contributed by atoms with van der Waals surface area (Å²) in [6, 6.07) is 0. The fourth-order valence-electron chi connectivity index (χ4n) is 4.86. The minimum Gasteiger partial charge on any atom is -0.394 e. The first kappa shape index (κ1) is 16.4. The van der Waals surface area contributed by atoms with Crippen LogP contribution in [0.3, 0.4) is 0 Å². The van der Waals surface area contributed by atoms with E-state index < -0.39 is 24.5 Å². The van der Waals surface area contributed by atoms with Gasteiger partial charge in [0.1, 0.15) is 24.6 Å². The Balaban J connectivity index is 1.48. The van der Waals surface area contributed by atoms with E-state index in [-0.39, 0.29) is 12.1 Å². The Morgan fingerprint density at radius 3 is 2.65 bits per heavy atom. The lowest BCUT2D eigenvalue weighted by atomic mass is 9.94. The standard InChI is InChI=1S/C17H23N5O4/c23-6-10-12(24)13(25)16(26-10)22-8-20-11-14(18-7-19-15(11)22)21-17-3-1-9(5-17)2-4-17/h7-10,12-13,16,23-25H,1-6H2,(H,18,19,21)/t9?,10-,12-,13-,16+,17?/m1/s1. The number of imidazole rings is 1. The smallest absolute Gasteiger partial charge is 0.167 e. The van der Waals surface area contributed by atoms with E-state index in [0.29, 0.717) is 17.0 Å². The molecule has 4 N–H and O–H groups in total. The maximum atomic E-state index is 10.3. The van der Waals surface area contributed by atoms with E-state index in [1.165, 1.54) is 31.9 Å². The predicted molar refractivity (Wildman–Crippen MR) is 91.3 cm³/mol. The zero-order valence-electron chi connectivity index (χ0n) is 14.3. The van der Waals surface area contributed by atoms with Gasteiger partial charge in [0.25, 0.3) is 0 Å². The van der Waals surface area contributed by atoms with Crippen molar-refractivity contribution in [1.29, 1.82) is 0 Å². The number of nitrogens with zero attached hydrogens (tertiary/aromatic N) is 4. The second-order valence-electron chi connectivity index (χ2n) is 7.83. The largest absolute Gasteiger partial charge is 0.394 e. The molecule has 2 saturated carbocycles. The van der Waals surface area contributed by atoms with Crippen LogP contribution in [-0.2, 0) is 4.74 Å². The fraction of sp³-hybridized carbons (Fsp3) is 0.706. The molecule has 0 amide bonds. The number of hydrogen-bond acceptors (Lipinski definition) is 8. The van der Waals surface area contributed by atoms with Crippen molar-refractivity contribution in [2.24, 2.45) is 5.92 Å². The van der Waals surface area contributed by atoms with Crippen LogP contribution in [-0.4, -0.2) is 65.3 Å². The van der Waals surface area contributed by atoms with Crippen LogP contribution in [0.5, 0.6) is 0 Å². The third-order valence-electron chi connectivity index (χ3n) is 6.28. The molecule has 9 heteroatoms. The number of aliphatic hydroxyl groups excluding tert-OH is 3. The lowest BCUT2D eigenvalue weighted by Gasteiger charge is -2.28. The van der Waals surface area contributed by atoms with Gasteiger partial charge in [-0.05, 0) is 38.0 Å². The van der Waals surface area contributed by atoms with Crippen molar-refractivity contribution in [3.8, 4) is 0 Å². The van der Waals surface area contributed by atoms with E-state index in [1.54, 1.807) is 4.57 Å². The molecule has 3 aliphatic rings. The average molecular weight is 361 g/mol. The minimum atomic E-state index is -1.17. The van der Waals surface area contributed by atoms with Crippen LogP contribution >= 0.6 is 0 Å². The van der Waals surface area contributed by atoms with Crippen LogP contribution in [0.25, 0.3) is 11.2 Å². The number of hydrogen-bond donors (Lipinski definition) is 4. The van der Waals surface area contributed by atoms with Crippen LogP contribution in [0.15, 0.2) is 12.7 Å². The monoisotopic (exact) mass is 361 g/mol. The molecule has 4 atom stereocenters. The molecular formula is C17H23N5O4. The maximum Gasteiger partial charge on any atom is 0.167 e. The topological polar surface area (TPSA) is 126 Å². The highest BCUT2D eigenvalue weighted by Gasteiger charge is 2.46. The molecule has 140 valence electrons. The normalized spacial score (nSPS) is 39.1. The van der Waals surface area contributed by atoms with Gasteiger partial charge in [-0.2, -0.15) is 0 Å². The fourth-order valence-corrected chi connectivity index (χ4v) is 4.86. The third kappa shape index (κ3) is 2.34. The lowest BCUT2D eigenvalue weighted by molar-refractivity contribution is -0.0511. The van der Waals surface area contributed by atoms with Gasteiger partial charge >= 0.3 is 0 Å². The Morgan fingerprint density at radius 2 is 2.00 bits per heavy atom. The number of ether oxygens (including phenoxy) is 1. The first-order chi connectivity index (χ1) is 12.6. The third-order valence-corrected chi connectivity index (χ3v) is 6.28. The molecule has 1 saturated heterocycles. The van der Waals surface area contributed by atoms with Gasteiger partial charge in [-0.15, -0.1) is 0 Å². The molecule has 3 heterocycles. The zero-order valence-corrected chi connectivity index (χ0v) is 14.3. The summed E-state index contributed by atoms with van der Waals surface area (Å²) in [4.78, 5) is 13.1. The van der Waals surface area contributed by atoms with Gasteiger partial charge in [0.15, 0.2) is 23.2 Å². The van der Waals surface area contributed by atoms with Crippen LogP contribution in [0, 0.1) is 5.92 Å². The molecule has 2 aromatic heterocycles. The highest BCUT2D eigenvalue weighted by atomic mass is 16.6. The second kappa shape index (κ2) is 5.85. The first-order valence-electron chi connectivity index (χ1n) is 9.18. The summed E-state index contributed by atoms with van der Waals surface area (Å²) in [5.41, 5.74) is 1.26. The minimum absolute atomic E-state index is 0.108. The Morgan fingerprint density at radius 1 is 1.19 bits per heavy atom. The second-order valence-corrected chi connectivity index (χ2v) is 7.83. The molecule has 3 fully saturated rings. The van der Waals surface area contributed by atoms with Crippen molar-refractivity contribution in [2.45, 2.75) is 62.2 Å². The Labute approximate surface area is 150 Å². The van der Waals surface area contributed by atoms with Crippen LogP contribution in [0.4, 0.5) is 5.82 Å². The van der Waals surface area contributed by atoms with E-state index in [1.807, 2.05) is 0 Å². The van der Waals surface area contributed by atoms with Gasteiger partial charge < -0.3 is 25.4 Å². The van der Waals surface area contributed by atoms with E-state index in [4.69, 9.17) is 4.74 Å². The Hall–Kier alpha value is -1.81. The number of aromatic nitrogens is 4. The molecule has 2 bridgehead atoms. The van der Waals surface area contributed by atoms with Gasteiger partial charge in [-0.1, -0.05) is 0 Å². The predicted octanol–water partition coefficient (Wildman–Crippen LogP) is 0.182. The lowest BCUT2D eigenvalue weighted by Crippen LogP contribution is -2.33. The van der Waals surface area contributed by atoms with Crippen molar-refractivity contribution >= 4 is 17.0 Å². The van der Waals surface area contributed by atoms with Gasteiger partial charge in [0.2, 0.25) is 0 Å². The molecule has 9 nitrogen and oxygen atoms in total. The molecule has 0 unspecified atom stereocenters. The van der Waals surface area contributed by atoms with Crippen molar-refractivity contribution in [1.82, 2.24) is 19.5 Å². The number of rotatable bonds is 4. The molecular weight excluding hydrogens is 338 g/mol. The van der Waals surface area contributed by atoms with Gasteiger partial charge in [0.05, 0.1) is 12.9 Å². The molecule has 0 spiro atoms. The molecule has 26 heavy (non-hydrogen) atoms. The summed E-state index contributed by atoms with van der Waals surface area (Å²) in [7, 11) is 0. The van der Waals surface area contributed by atoms with E-state index >= 15 is 0 Å². The molecule has 2 aromatic rings. The Bertz CT molecular complexity index is 819. The molecule has 1 aliphatic heterocycles. The summed E-state index contributed by atoms with van der Waals surface area (Å²) >= 11 is 0. The summed E-state index contributed by atoms with van der Waals surface area (Å²) < 4.78 is 7.19. The zero-order chi connectivity index (χ0) is 17.9. The number of anilines is 1. The maximum absolute atomic E-state index is 10.3. The summed E-state index contributed by atoms with van der Waals surface area (Å²) in [6.07, 6.45) is 5.00. The van der Waals surface area contributed by atoms with Crippen LogP contribution in [0.1, 0.15) is 38.3 Å². The van der Waals surface area contributed by atoms with Gasteiger partial charge in [-0.3, -0.25) is 4.57 Å². The highest BCUT2D eigenvalue weighted by Crippen LogP contribution is 2.49. The Kier molecular flexibility index (Phi) is 3.68. The van der Waals surface area contributed by atoms with E-state index in [9.17, 15) is 15.3 Å². The quantitative estimate of drug-likeness (QED) is 0.608. The van der Waals surface area contributed by atoms with E-state index in [2.05, 4.69) is 20.3 Å². The molecule has 2 aliphatic carbocycles. The number of nitrogens with one attached hydrogen (secondary N) is 1. The van der Waals surface area contributed by atoms with Crippen molar-refractivity contribution < 1.29 is 20.1 Å². The van der Waals surface area contributed by atoms with Crippen molar-refractivity contribution in [3.05, 3.63) is 12.7 Å². The molecule has 0 radical (unpaired) electrons. The highest BCUT2D eigenvalue weighted by molar-refractivity contribution is 5.83. The summed E-state index contributed by atoms with van der Waals surface area (Å²) in [6.45, 7) is -0.368. The summed E-state index contributed by atoms with van der Waals surface area (Å²) in [5, 5.41) is 33.2. The summed E-state index contributed by atoms with van der Waals surface area (Å²) in [5.74, 6) is 1.51. The number of fused-ring (bicyclic) bond motifs is 3. The van der Waals surface area contributed by atoms with Crippen molar-refractivity contribution in [3.63, 3.8) is 0 Å². The first-order valence-corrected chi connectivity index (χ1v) is 9.18. The molecule has 5 rings (SSSR count). The van der Waals surface area contributed by atoms with Crippen LogP contribution < -0.4 is 5.32 Å². The SMILES string of the molecule is OC[C@H]1O[C@H](n2cnc3c(NC45CCC(CC4)C5)ncnc32)[C@H](O)[C@@H]1O. The molecule has 0 aromatic carbocycles. The van der Waals surface area contributed by atoms with Crippen LogP contribution in [0.2, 0.25) is 0 Å². The van der Waals surface area contributed by atoms with Gasteiger partial charge in [-0.25, -0.2) is 15.0 Å². The van der Waals surface area contributed by atoms with Crippen molar-refractivity contribution in [2.75, 3.05) is 11.9 Å². The number of aliphatic hydroxyl groups is 3. The van der Waals surface area contributed by atoms with E-state index in [0.717, 1.165) is 18.8 Å².